The van der Waals surface area contributed by atoms with Crippen molar-refractivity contribution in [2.75, 3.05) is 5.32 Å². The van der Waals surface area contributed by atoms with Crippen molar-refractivity contribution >= 4 is 11.7 Å². The Morgan fingerprint density at radius 3 is 2.21 bits per heavy atom. The van der Waals surface area contributed by atoms with Crippen molar-refractivity contribution in [3.63, 3.8) is 0 Å². The lowest BCUT2D eigenvalue weighted by molar-refractivity contribution is 0.199. The first-order valence-electron chi connectivity index (χ1n) is 6.74. The molecule has 0 radical (unpaired) electrons. The summed E-state index contributed by atoms with van der Waals surface area (Å²) in [4.78, 5) is 11.8. The zero-order valence-corrected chi connectivity index (χ0v) is 12.1. The second-order valence-electron chi connectivity index (χ2n) is 5.43. The molecule has 2 unspecified atom stereocenters. The maximum atomic E-state index is 11.8. The van der Waals surface area contributed by atoms with Gasteiger partial charge in [0.1, 0.15) is 0 Å². The molecule has 2 amide bonds. The second kappa shape index (κ2) is 7.14. The molecular formula is C15H24N2O2. The number of carbonyl (C=O) groups is 1. The van der Waals surface area contributed by atoms with E-state index < -0.39 is 6.10 Å². The molecule has 0 aliphatic carbocycles. The lowest BCUT2D eigenvalue weighted by atomic mass is 10.1. The van der Waals surface area contributed by atoms with Gasteiger partial charge in [-0.05, 0) is 43.9 Å². The highest BCUT2D eigenvalue weighted by Crippen LogP contribution is 2.15. The summed E-state index contributed by atoms with van der Waals surface area (Å²) in [6, 6.07) is 7.13. The third-order valence-electron chi connectivity index (χ3n) is 2.85. The molecule has 1 rings (SSSR count). The number of nitrogens with one attached hydrogen (secondary N) is 2. The summed E-state index contributed by atoms with van der Waals surface area (Å²) >= 11 is 0. The molecule has 0 aliphatic rings. The van der Waals surface area contributed by atoms with Crippen LogP contribution in [0.2, 0.25) is 0 Å². The van der Waals surface area contributed by atoms with Crippen LogP contribution in [0.5, 0.6) is 0 Å². The number of hydrogen-bond donors (Lipinski definition) is 3. The van der Waals surface area contributed by atoms with Gasteiger partial charge in [-0.15, -0.1) is 0 Å². The van der Waals surface area contributed by atoms with Gasteiger partial charge < -0.3 is 15.7 Å². The number of hydrogen-bond acceptors (Lipinski definition) is 2. The number of rotatable bonds is 5. The summed E-state index contributed by atoms with van der Waals surface area (Å²) in [6.45, 7) is 7.97. The minimum absolute atomic E-state index is 0.150. The molecule has 0 fully saturated rings. The molecule has 106 valence electrons. The standard InChI is InChI=1S/C15H24N2O2/c1-10(2)9-11(3)16-15(19)17-14-7-5-13(6-8-14)12(4)18/h5-8,10-12,18H,9H2,1-4H3,(H2,16,17,19). The molecule has 1 aromatic carbocycles. The molecule has 0 saturated heterocycles. The van der Waals surface area contributed by atoms with Crippen molar-refractivity contribution in [1.29, 1.82) is 0 Å². The Morgan fingerprint density at radius 1 is 1.16 bits per heavy atom. The molecule has 0 aliphatic heterocycles. The smallest absolute Gasteiger partial charge is 0.319 e. The molecule has 3 N–H and O–H groups in total. The summed E-state index contributed by atoms with van der Waals surface area (Å²) in [5, 5.41) is 15.1. The summed E-state index contributed by atoms with van der Waals surface area (Å²) in [5.41, 5.74) is 1.55. The minimum atomic E-state index is -0.492. The van der Waals surface area contributed by atoms with Gasteiger partial charge in [-0.1, -0.05) is 26.0 Å². The van der Waals surface area contributed by atoms with E-state index in [1.54, 1.807) is 31.2 Å². The Hall–Kier alpha value is -1.55. The van der Waals surface area contributed by atoms with Crippen molar-refractivity contribution in [1.82, 2.24) is 5.32 Å². The van der Waals surface area contributed by atoms with Crippen LogP contribution in [0.1, 0.15) is 45.8 Å². The molecule has 0 aromatic heterocycles. The lowest BCUT2D eigenvalue weighted by Gasteiger charge is -2.16. The maximum absolute atomic E-state index is 11.8. The Labute approximate surface area is 115 Å². The van der Waals surface area contributed by atoms with Gasteiger partial charge in [0.25, 0.3) is 0 Å². The van der Waals surface area contributed by atoms with E-state index in [0.717, 1.165) is 17.7 Å². The monoisotopic (exact) mass is 264 g/mol. The SMILES string of the molecule is CC(C)CC(C)NC(=O)Nc1ccc(C(C)O)cc1. The third-order valence-corrected chi connectivity index (χ3v) is 2.85. The number of aliphatic hydroxyl groups is 1. The van der Waals surface area contributed by atoms with Gasteiger partial charge >= 0.3 is 6.03 Å². The van der Waals surface area contributed by atoms with Gasteiger partial charge in [-0.3, -0.25) is 0 Å². The third kappa shape index (κ3) is 5.75. The topological polar surface area (TPSA) is 61.4 Å². The largest absolute Gasteiger partial charge is 0.389 e. The van der Waals surface area contributed by atoms with Gasteiger partial charge in [-0.2, -0.15) is 0 Å². The number of anilines is 1. The van der Waals surface area contributed by atoms with Crippen LogP contribution in [0.25, 0.3) is 0 Å². The van der Waals surface area contributed by atoms with Crippen molar-refractivity contribution in [2.24, 2.45) is 5.92 Å². The predicted molar refractivity (Wildman–Crippen MR) is 78.1 cm³/mol. The maximum Gasteiger partial charge on any atom is 0.319 e. The Balaban J connectivity index is 2.48. The summed E-state index contributed by atoms with van der Waals surface area (Å²) < 4.78 is 0. The Bertz CT molecular complexity index is 399. The molecule has 1 aromatic rings. The number of urea groups is 1. The molecule has 4 heteroatoms. The predicted octanol–water partition coefficient (Wildman–Crippen LogP) is 3.30. The van der Waals surface area contributed by atoms with E-state index in [0.29, 0.717) is 5.92 Å². The van der Waals surface area contributed by atoms with Crippen molar-refractivity contribution in [2.45, 2.75) is 46.3 Å². The van der Waals surface area contributed by atoms with Crippen molar-refractivity contribution in [3.05, 3.63) is 29.8 Å². The molecule has 19 heavy (non-hydrogen) atoms. The van der Waals surface area contributed by atoms with Gasteiger partial charge in [0.2, 0.25) is 0 Å². The highest BCUT2D eigenvalue weighted by molar-refractivity contribution is 5.89. The molecule has 0 spiro atoms. The fourth-order valence-corrected chi connectivity index (χ4v) is 2.00. The van der Waals surface area contributed by atoms with E-state index in [1.807, 2.05) is 6.92 Å². The Morgan fingerprint density at radius 2 is 1.74 bits per heavy atom. The highest BCUT2D eigenvalue weighted by atomic mass is 16.3. The minimum Gasteiger partial charge on any atom is -0.389 e. The molecule has 2 atom stereocenters. The zero-order chi connectivity index (χ0) is 14.4. The van der Waals surface area contributed by atoms with E-state index in [1.165, 1.54) is 0 Å². The van der Waals surface area contributed by atoms with E-state index in [4.69, 9.17) is 0 Å². The average molecular weight is 264 g/mol. The van der Waals surface area contributed by atoms with Crippen LogP contribution < -0.4 is 10.6 Å². The first kappa shape index (κ1) is 15.5. The van der Waals surface area contributed by atoms with Crippen molar-refractivity contribution in [3.8, 4) is 0 Å². The van der Waals surface area contributed by atoms with Gasteiger partial charge in [0.05, 0.1) is 6.10 Å². The van der Waals surface area contributed by atoms with Crippen LogP contribution in [0, 0.1) is 5.92 Å². The second-order valence-corrected chi connectivity index (χ2v) is 5.43. The van der Waals surface area contributed by atoms with E-state index in [2.05, 4.69) is 24.5 Å². The van der Waals surface area contributed by atoms with Crippen LogP contribution in [0.15, 0.2) is 24.3 Å². The normalized spacial score (nSPS) is 14.0. The van der Waals surface area contributed by atoms with Crippen LogP contribution in [0.4, 0.5) is 10.5 Å². The van der Waals surface area contributed by atoms with E-state index in [9.17, 15) is 9.90 Å². The lowest BCUT2D eigenvalue weighted by Crippen LogP contribution is -2.36. The molecular weight excluding hydrogens is 240 g/mol. The first-order valence-corrected chi connectivity index (χ1v) is 6.74. The Kier molecular flexibility index (Phi) is 5.83. The van der Waals surface area contributed by atoms with Crippen LogP contribution in [0.3, 0.4) is 0 Å². The molecule has 0 saturated carbocycles. The van der Waals surface area contributed by atoms with E-state index in [-0.39, 0.29) is 12.1 Å². The van der Waals surface area contributed by atoms with E-state index >= 15 is 0 Å². The molecule has 4 nitrogen and oxygen atoms in total. The van der Waals surface area contributed by atoms with Crippen LogP contribution in [-0.2, 0) is 0 Å². The summed E-state index contributed by atoms with van der Waals surface area (Å²) in [7, 11) is 0. The average Bonchev–Trinajstić information content (AvgIpc) is 2.27. The fourth-order valence-electron chi connectivity index (χ4n) is 2.00. The molecule has 0 heterocycles. The number of benzene rings is 1. The van der Waals surface area contributed by atoms with Gasteiger partial charge in [0, 0.05) is 11.7 Å². The fraction of sp³-hybridized carbons (Fsp3) is 0.533. The highest BCUT2D eigenvalue weighted by Gasteiger charge is 2.09. The van der Waals surface area contributed by atoms with Crippen molar-refractivity contribution < 1.29 is 9.90 Å². The summed E-state index contributed by atoms with van der Waals surface area (Å²) in [5.74, 6) is 0.556. The number of carbonyl (C=O) groups excluding carboxylic acids is 1. The van der Waals surface area contributed by atoms with Gasteiger partial charge in [0.15, 0.2) is 0 Å². The zero-order valence-electron chi connectivity index (χ0n) is 12.1. The number of aliphatic hydroxyl groups excluding tert-OH is 1. The van der Waals surface area contributed by atoms with Crippen LogP contribution in [-0.4, -0.2) is 17.2 Å². The number of amides is 2. The quantitative estimate of drug-likeness (QED) is 0.764. The molecule has 0 bridgehead atoms. The van der Waals surface area contributed by atoms with Crippen LogP contribution >= 0.6 is 0 Å². The van der Waals surface area contributed by atoms with Gasteiger partial charge in [-0.25, -0.2) is 4.79 Å². The first-order chi connectivity index (χ1) is 8.88. The summed E-state index contributed by atoms with van der Waals surface area (Å²) in [6.07, 6.45) is 0.461.